The number of hydrogen-bond acceptors (Lipinski definition) is 4. The number of hydrogen-bond donors (Lipinski definition) is 4. The molecule has 19 heavy (non-hydrogen) atoms. The molecule has 0 spiro atoms. The maximum atomic E-state index is 11.0. The zero-order valence-electron chi connectivity index (χ0n) is 12.1. The van der Waals surface area contributed by atoms with Crippen LogP contribution in [0, 0.1) is 11.3 Å². The highest BCUT2D eigenvalue weighted by Crippen LogP contribution is 2.58. The Morgan fingerprint density at radius 3 is 2.58 bits per heavy atom. The molecule has 0 saturated heterocycles. The zero-order chi connectivity index (χ0) is 14.5. The van der Waals surface area contributed by atoms with Gasteiger partial charge in [-0.25, -0.2) is 0 Å². The Hall–Kier alpha value is -0.420. The third-order valence-electron chi connectivity index (χ3n) is 5.33. The van der Waals surface area contributed by atoms with Crippen molar-refractivity contribution >= 4 is 0 Å². The molecule has 2 aliphatic rings. The van der Waals surface area contributed by atoms with Crippen LogP contribution in [0.1, 0.15) is 46.5 Å². The van der Waals surface area contributed by atoms with E-state index < -0.39 is 17.3 Å². The lowest BCUT2D eigenvalue weighted by Gasteiger charge is -2.45. The molecule has 4 atom stereocenters. The lowest BCUT2D eigenvalue weighted by atomic mass is 9.67. The highest BCUT2D eigenvalue weighted by atomic mass is 16.4. The molecule has 0 bridgehead atoms. The summed E-state index contributed by atoms with van der Waals surface area (Å²) in [5.74, 6) is -0.171. The molecule has 1 saturated carbocycles. The molecule has 2 aliphatic carbocycles. The lowest BCUT2D eigenvalue weighted by molar-refractivity contribution is -0.200. The van der Waals surface area contributed by atoms with Gasteiger partial charge in [0.05, 0.1) is 18.3 Å². The van der Waals surface area contributed by atoms with Gasteiger partial charge < -0.3 is 20.4 Å². The summed E-state index contributed by atoms with van der Waals surface area (Å²) in [6.45, 7) is 5.23. The van der Waals surface area contributed by atoms with E-state index in [0.29, 0.717) is 19.3 Å². The van der Waals surface area contributed by atoms with E-state index in [1.54, 1.807) is 13.8 Å². The molecule has 0 amide bonds. The molecule has 0 unspecified atom stereocenters. The van der Waals surface area contributed by atoms with Gasteiger partial charge >= 0.3 is 0 Å². The fraction of sp³-hybridized carbons (Fsp3) is 0.867. The molecule has 0 aromatic carbocycles. The molecule has 4 N–H and O–H groups in total. The van der Waals surface area contributed by atoms with Gasteiger partial charge in [-0.2, -0.15) is 0 Å². The average molecular weight is 270 g/mol. The van der Waals surface area contributed by atoms with Gasteiger partial charge in [-0.05, 0) is 56.4 Å². The van der Waals surface area contributed by atoms with E-state index >= 15 is 0 Å². The van der Waals surface area contributed by atoms with E-state index in [9.17, 15) is 20.4 Å². The van der Waals surface area contributed by atoms with Crippen LogP contribution in [0.2, 0.25) is 0 Å². The Bertz CT molecular complexity index is 384. The number of allylic oxidation sites excluding steroid dienone is 1. The Morgan fingerprint density at radius 2 is 2.05 bits per heavy atom. The highest BCUT2D eigenvalue weighted by molar-refractivity contribution is 5.20. The van der Waals surface area contributed by atoms with Crippen LogP contribution in [0.15, 0.2) is 11.6 Å². The third-order valence-corrected chi connectivity index (χ3v) is 5.33. The van der Waals surface area contributed by atoms with Crippen LogP contribution in [0.25, 0.3) is 0 Å². The first kappa shape index (κ1) is 15.0. The van der Waals surface area contributed by atoms with Crippen LogP contribution in [0.3, 0.4) is 0 Å². The van der Waals surface area contributed by atoms with Crippen molar-refractivity contribution in [3.05, 3.63) is 11.6 Å². The fourth-order valence-electron chi connectivity index (χ4n) is 4.08. The van der Waals surface area contributed by atoms with E-state index in [4.69, 9.17) is 0 Å². The van der Waals surface area contributed by atoms with E-state index in [-0.39, 0.29) is 17.9 Å². The standard InChI is InChI=1S/C15H26O4/c1-13(2,18)15(19)11-5-4-10(9-16)6-7-14(11,3)8-12(15)17/h6,11-12,16-19H,4-5,7-9H2,1-3H3/t11-,12+,14+,15-/m1/s1. The number of aliphatic hydroxyl groups excluding tert-OH is 2. The van der Waals surface area contributed by atoms with Gasteiger partial charge in [0, 0.05) is 0 Å². The molecule has 0 heterocycles. The highest BCUT2D eigenvalue weighted by Gasteiger charge is 2.64. The second-order valence-corrected chi connectivity index (χ2v) is 7.07. The van der Waals surface area contributed by atoms with E-state index in [1.165, 1.54) is 0 Å². The quantitative estimate of drug-likeness (QED) is 0.564. The summed E-state index contributed by atoms with van der Waals surface area (Å²) in [7, 11) is 0. The van der Waals surface area contributed by atoms with Crippen molar-refractivity contribution in [3.8, 4) is 0 Å². The van der Waals surface area contributed by atoms with Gasteiger partial charge in [0.15, 0.2) is 0 Å². The zero-order valence-corrected chi connectivity index (χ0v) is 12.1. The van der Waals surface area contributed by atoms with Crippen molar-refractivity contribution in [2.75, 3.05) is 6.61 Å². The summed E-state index contributed by atoms with van der Waals surface area (Å²) in [5, 5.41) is 40.9. The minimum absolute atomic E-state index is 0.0479. The molecule has 0 aromatic heterocycles. The van der Waals surface area contributed by atoms with Crippen LogP contribution >= 0.6 is 0 Å². The van der Waals surface area contributed by atoms with Crippen LogP contribution in [-0.2, 0) is 0 Å². The third kappa shape index (κ3) is 2.15. The summed E-state index contributed by atoms with van der Waals surface area (Å²) in [4.78, 5) is 0. The minimum atomic E-state index is -1.49. The second-order valence-electron chi connectivity index (χ2n) is 7.07. The van der Waals surface area contributed by atoms with Gasteiger partial charge in [0.25, 0.3) is 0 Å². The maximum absolute atomic E-state index is 11.0. The van der Waals surface area contributed by atoms with E-state index in [2.05, 4.69) is 6.92 Å². The molecule has 110 valence electrons. The second kappa shape index (κ2) is 4.55. The summed E-state index contributed by atoms with van der Waals surface area (Å²) in [6, 6.07) is 0. The smallest absolute Gasteiger partial charge is 0.122 e. The molecule has 0 aliphatic heterocycles. The van der Waals surface area contributed by atoms with Crippen molar-refractivity contribution in [2.45, 2.75) is 63.8 Å². The minimum Gasteiger partial charge on any atom is -0.392 e. The van der Waals surface area contributed by atoms with Crippen LogP contribution in [-0.4, -0.2) is 44.3 Å². The molecule has 0 aromatic rings. The topological polar surface area (TPSA) is 80.9 Å². The lowest BCUT2D eigenvalue weighted by Crippen LogP contribution is -2.60. The SMILES string of the molecule is CC(C)(O)[C@@]1(O)[C@@H]2CCC(CO)=CC[C@@]2(C)C[C@@H]1O. The van der Waals surface area contributed by atoms with Crippen molar-refractivity contribution in [2.24, 2.45) is 11.3 Å². The monoisotopic (exact) mass is 270 g/mol. The van der Waals surface area contributed by atoms with Gasteiger partial charge in [-0.15, -0.1) is 0 Å². The predicted molar refractivity (Wildman–Crippen MR) is 72.5 cm³/mol. The Kier molecular flexibility index (Phi) is 3.59. The van der Waals surface area contributed by atoms with Crippen molar-refractivity contribution in [1.82, 2.24) is 0 Å². The van der Waals surface area contributed by atoms with Gasteiger partial charge in [0.1, 0.15) is 5.60 Å². The first-order valence-corrected chi connectivity index (χ1v) is 7.07. The molecule has 0 radical (unpaired) electrons. The Balaban J connectivity index is 2.38. The molecule has 4 heteroatoms. The first-order chi connectivity index (χ1) is 8.65. The fourth-order valence-corrected chi connectivity index (χ4v) is 4.08. The van der Waals surface area contributed by atoms with E-state index in [1.807, 2.05) is 6.08 Å². The van der Waals surface area contributed by atoms with Gasteiger partial charge in [-0.1, -0.05) is 13.0 Å². The number of fused-ring (bicyclic) bond motifs is 1. The number of aliphatic hydroxyl groups is 4. The average Bonchev–Trinajstić information content (AvgIpc) is 2.44. The summed E-state index contributed by atoms with van der Waals surface area (Å²) in [5.41, 5.74) is -2.08. The molecular formula is C15H26O4. The molecule has 2 rings (SSSR count). The van der Waals surface area contributed by atoms with Crippen LogP contribution in [0.4, 0.5) is 0 Å². The van der Waals surface area contributed by atoms with Gasteiger partial charge in [0.2, 0.25) is 0 Å². The van der Waals surface area contributed by atoms with Crippen LogP contribution in [0.5, 0.6) is 0 Å². The largest absolute Gasteiger partial charge is 0.392 e. The Morgan fingerprint density at radius 1 is 1.42 bits per heavy atom. The van der Waals surface area contributed by atoms with Crippen molar-refractivity contribution in [1.29, 1.82) is 0 Å². The first-order valence-electron chi connectivity index (χ1n) is 7.07. The Labute approximate surface area is 114 Å². The van der Waals surface area contributed by atoms with Crippen molar-refractivity contribution < 1.29 is 20.4 Å². The molecule has 4 nitrogen and oxygen atoms in total. The van der Waals surface area contributed by atoms with E-state index in [0.717, 1.165) is 12.0 Å². The maximum Gasteiger partial charge on any atom is 0.122 e. The predicted octanol–water partition coefficient (Wildman–Crippen LogP) is 0.978. The summed E-state index contributed by atoms with van der Waals surface area (Å²) >= 11 is 0. The summed E-state index contributed by atoms with van der Waals surface area (Å²) in [6.07, 6.45) is 3.72. The molecular weight excluding hydrogens is 244 g/mol. The number of rotatable bonds is 2. The molecule has 1 fully saturated rings. The normalized spacial score (nSPS) is 43.6. The van der Waals surface area contributed by atoms with Crippen molar-refractivity contribution in [3.63, 3.8) is 0 Å². The van der Waals surface area contributed by atoms with Crippen LogP contribution < -0.4 is 0 Å². The summed E-state index contributed by atoms with van der Waals surface area (Å²) < 4.78 is 0. The van der Waals surface area contributed by atoms with Gasteiger partial charge in [-0.3, -0.25) is 0 Å².